The molecule has 8 nitrogen and oxygen atoms in total. The second-order valence-electron chi connectivity index (χ2n) is 9.20. The number of anilines is 1. The Morgan fingerprint density at radius 2 is 1.90 bits per heavy atom. The molecule has 0 saturated carbocycles. The molecule has 0 aromatic heterocycles. The summed E-state index contributed by atoms with van der Waals surface area (Å²) in [5, 5.41) is 2.82. The molecule has 1 saturated heterocycles. The molecule has 3 rings (SSSR count). The van der Waals surface area contributed by atoms with Crippen molar-refractivity contribution in [1.29, 1.82) is 0 Å². The van der Waals surface area contributed by atoms with Gasteiger partial charge in [-0.05, 0) is 48.8 Å². The molecule has 9 heteroatoms. The standard InChI is InChI=1S/C22H33N3O5S/c1-15(2)7-8-23-21(26)13-25-19-10-18(5-6-20(19)30-14-22(25)27)31(28,29)24-11-16(3)9-17(4)12-24/h5-6,10,15-17H,7-9,11-14H2,1-4H3,(H,23,26). The second kappa shape index (κ2) is 9.56. The Bertz CT molecular complexity index is 921. The first-order chi connectivity index (χ1) is 14.6. The number of hydrogen-bond donors (Lipinski definition) is 1. The summed E-state index contributed by atoms with van der Waals surface area (Å²) in [4.78, 5) is 26.3. The Labute approximate surface area is 185 Å². The van der Waals surface area contributed by atoms with Gasteiger partial charge in [0.1, 0.15) is 12.3 Å². The van der Waals surface area contributed by atoms with E-state index < -0.39 is 10.0 Å². The van der Waals surface area contributed by atoms with Crippen molar-refractivity contribution in [2.75, 3.05) is 37.7 Å². The zero-order valence-corrected chi connectivity index (χ0v) is 19.6. The predicted octanol–water partition coefficient (Wildman–Crippen LogP) is 2.24. The average molecular weight is 452 g/mol. The fourth-order valence-electron chi connectivity index (χ4n) is 4.17. The van der Waals surface area contributed by atoms with Crippen molar-refractivity contribution in [3.05, 3.63) is 18.2 Å². The molecule has 2 aliphatic heterocycles. The van der Waals surface area contributed by atoms with Crippen LogP contribution in [-0.2, 0) is 19.6 Å². The minimum Gasteiger partial charge on any atom is -0.482 e. The van der Waals surface area contributed by atoms with Crippen LogP contribution in [0.25, 0.3) is 0 Å². The molecule has 2 heterocycles. The van der Waals surface area contributed by atoms with E-state index in [1.165, 1.54) is 21.3 Å². The Kier molecular flexibility index (Phi) is 7.26. The summed E-state index contributed by atoms with van der Waals surface area (Å²) in [5.74, 6) is 0.766. The van der Waals surface area contributed by atoms with Crippen LogP contribution in [0, 0.1) is 17.8 Å². The van der Waals surface area contributed by atoms with Crippen LogP contribution in [0.4, 0.5) is 5.69 Å². The van der Waals surface area contributed by atoms with Crippen molar-refractivity contribution in [2.45, 2.75) is 45.4 Å². The Balaban J connectivity index is 1.83. The maximum absolute atomic E-state index is 13.3. The number of carbonyl (C=O) groups is 2. The summed E-state index contributed by atoms with van der Waals surface area (Å²) in [5.41, 5.74) is 0.314. The molecular weight excluding hydrogens is 418 g/mol. The van der Waals surface area contributed by atoms with Gasteiger partial charge in [0, 0.05) is 19.6 Å². The van der Waals surface area contributed by atoms with Gasteiger partial charge in [-0.3, -0.25) is 14.5 Å². The third kappa shape index (κ3) is 5.57. The predicted molar refractivity (Wildman–Crippen MR) is 118 cm³/mol. The third-order valence-electron chi connectivity index (χ3n) is 5.69. The van der Waals surface area contributed by atoms with Gasteiger partial charge in [-0.2, -0.15) is 4.31 Å². The van der Waals surface area contributed by atoms with E-state index >= 15 is 0 Å². The highest BCUT2D eigenvalue weighted by Crippen LogP contribution is 2.36. The van der Waals surface area contributed by atoms with Gasteiger partial charge >= 0.3 is 0 Å². The van der Waals surface area contributed by atoms with Gasteiger partial charge in [-0.25, -0.2) is 8.42 Å². The molecule has 2 amide bonds. The number of nitrogens with one attached hydrogen (secondary N) is 1. The highest BCUT2D eigenvalue weighted by Gasteiger charge is 2.34. The Morgan fingerprint density at radius 1 is 1.23 bits per heavy atom. The molecule has 1 aromatic carbocycles. The second-order valence-corrected chi connectivity index (χ2v) is 11.1. The van der Waals surface area contributed by atoms with E-state index in [2.05, 4.69) is 33.0 Å². The van der Waals surface area contributed by atoms with Crippen LogP contribution < -0.4 is 15.0 Å². The molecule has 2 atom stereocenters. The first kappa shape index (κ1) is 23.5. The van der Waals surface area contributed by atoms with Crippen molar-refractivity contribution < 1.29 is 22.7 Å². The first-order valence-corrected chi connectivity index (χ1v) is 12.4. The normalized spacial score (nSPS) is 22.2. The van der Waals surface area contributed by atoms with Crippen LogP contribution in [0.1, 0.15) is 40.5 Å². The smallest absolute Gasteiger partial charge is 0.265 e. The van der Waals surface area contributed by atoms with Gasteiger partial charge in [0.25, 0.3) is 5.91 Å². The monoisotopic (exact) mass is 451 g/mol. The van der Waals surface area contributed by atoms with Crippen LogP contribution >= 0.6 is 0 Å². The summed E-state index contributed by atoms with van der Waals surface area (Å²) in [6, 6.07) is 4.52. The van der Waals surface area contributed by atoms with E-state index in [1.54, 1.807) is 6.07 Å². The highest BCUT2D eigenvalue weighted by molar-refractivity contribution is 7.89. The molecule has 0 aliphatic carbocycles. The number of benzene rings is 1. The van der Waals surface area contributed by atoms with Crippen LogP contribution in [0.3, 0.4) is 0 Å². The molecule has 0 radical (unpaired) electrons. The zero-order chi connectivity index (χ0) is 22.8. The summed E-state index contributed by atoms with van der Waals surface area (Å²) in [6.45, 7) is 9.37. The van der Waals surface area contributed by atoms with Gasteiger partial charge < -0.3 is 10.1 Å². The van der Waals surface area contributed by atoms with Gasteiger partial charge in [0.15, 0.2) is 6.61 Å². The number of carbonyl (C=O) groups excluding carboxylic acids is 2. The summed E-state index contributed by atoms with van der Waals surface area (Å²) in [7, 11) is -3.72. The van der Waals surface area contributed by atoms with Crippen LogP contribution in [0.2, 0.25) is 0 Å². The van der Waals surface area contributed by atoms with Crippen molar-refractivity contribution in [3.8, 4) is 5.75 Å². The van der Waals surface area contributed by atoms with Gasteiger partial charge in [-0.1, -0.05) is 27.7 Å². The summed E-state index contributed by atoms with van der Waals surface area (Å²) >= 11 is 0. The molecule has 172 valence electrons. The molecule has 0 bridgehead atoms. The maximum Gasteiger partial charge on any atom is 0.265 e. The van der Waals surface area contributed by atoms with Gasteiger partial charge in [0.05, 0.1) is 10.6 Å². The van der Waals surface area contributed by atoms with E-state index in [4.69, 9.17) is 4.74 Å². The summed E-state index contributed by atoms with van der Waals surface area (Å²) < 4.78 is 33.6. The molecule has 0 spiro atoms. The average Bonchev–Trinajstić information content (AvgIpc) is 2.68. The molecule has 2 aliphatic rings. The number of nitrogens with zero attached hydrogens (tertiary/aromatic N) is 2. The summed E-state index contributed by atoms with van der Waals surface area (Å²) in [6.07, 6.45) is 1.84. The molecular formula is C22H33N3O5S. The number of sulfonamides is 1. The Morgan fingerprint density at radius 3 is 2.55 bits per heavy atom. The van der Waals surface area contributed by atoms with Crippen LogP contribution in [-0.4, -0.2) is 57.3 Å². The number of amides is 2. The number of fused-ring (bicyclic) bond motifs is 1. The number of ether oxygens (including phenoxy) is 1. The van der Waals surface area contributed by atoms with E-state index in [0.29, 0.717) is 37.0 Å². The zero-order valence-electron chi connectivity index (χ0n) is 18.8. The lowest BCUT2D eigenvalue weighted by atomic mass is 9.94. The highest BCUT2D eigenvalue weighted by atomic mass is 32.2. The molecule has 2 unspecified atom stereocenters. The third-order valence-corrected chi connectivity index (χ3v) is 7.52. The lowest BCUT2D eigenvalue weighted by molar-refractivity contribution is -0.125. The van der Waals surface area contributed by atoms with Gasteiger partial charge in [-0.15, -0.1) is 0 Å². The molecule has 1 aromatic rings. The Hall–Kier alpha value is -2.13. The van der Waals surface area contributed by atoms with Crippen LogP contribution in [0.5, 0.6) is 5.75 Å². The van der Waals surface area contributed by atoms with Crippen LogP contribution in [0.15, 0.2) is 23.1 Å². The first-order valence-electron chi connectivity index (χ1n) is 10.9. The largest absolute Gasteiger partial charge is 0.482 e. The molecule has 1 N–H and O–H groups in total. The van der Waals surface area contributed by atoms with Crippen molar-refractivity contribution in [1.82, 2.24) is 9.62 Å². The van der Waals surface area contributed by atoms with E-state index in [1.807, 2.05) is 0 Å². The van der Waals surface area contributed by atoms with E-state index in [-0.39, 0.29) is 41.7 Å². The molecule has 31 heavy (non-hydrogen) atoms. The minimum absolute atomic E-state index is 0.107. The molecule has 1 fully saturated rings. The lowest BCUT2D eigenvalue weighted by Gasteiger charge is -2.34. The van der Waals surface area contributed by atoms with Gasteiger partial charge in [0.2, 0.25) is 15.9 Å². The minimum atomic E-state index is -3.72. The van der Waals surface area contributed by atoms with Crippen molar-refractivity contribution in [3.63, 3.8) is 0 Å². The topological polar surface area (TPSA) is 96.0 Å². The lowest BCUT2D eigenvalue weighted by Crippen LogP contribution is -2.45. The quantitative estimate of drug-likeness (QED) is 0.686. The number of piperidine rings is 1. The maximum atomic E-state index is 13.3. The SMILES string of the molecule is CC(C)CCNC(=O)CN1C(=O)COc2ccc(S(=O)(=O)N3CC(C)CC(C)C3)cc21. The number of rotatable bonds is 7. The van der Waals surface area contributed by atoms with E-state index in [0.717, 1.165) is 12.8 Å². The fraction of sp³-hybridized carbons (Fsp3) is 0.636. The van der Waals surface area contributed by atoms with Crippen molar-refractivity contribution >= 4 is 27.5 Å². The van der Waals surface area contributed by atoms with E-state index in [9.17, 15) is 18.0 Å². The fourth-order valence-corrected chi connectivity index (χ4v) is 5.87. The van der Waals surface area contributed by atoms with Crippen molar-refractivity contribution in [2.24, 2.45) is 17.8 Å². The number of hydrogen-bond acceptors (Lipinski definition) is 5.